The van der Waals surface area contributed by atoms with Crippen molar-refractivity contribution in [3.8, 4) is 5.75 Å². The van der Waals surface area contributed by atoms with E-state index in [0.29, 0.717) is 13.2 Å². The van der Waals surface area contributed by atoms with Crippen molar-refractivity contribution in [1.29, 1.82) is 0 Å². The lowest BCUT2D eigenvalue weighted by molar-refractivity contribution is 0.122. The normalized spacial score (nSPS) is 18.0. The first-order valence-corrected chi connectivity index (χ1v) is 8.39. The molecular weight excluding hydrogens is 417 g/mol. The van der Waals surface area contributed by atoms with Crippen molar-refractivity contribution >= 4 is 29.9 Å². The molecule has 1 N–H and O–H groups in total. The number of hydrogen-bond donors (Lipinski definition) is 1. The van der Waals surface area contributed by atoms with Crippen LogP contribution in [0.5, 0.6) is 5.75 Å². The quantitative estimate of drug-likeness (QED) is 0.315. The predicted molar refractivity (Wildman–Crippen MR) is 109 cm³/mol. The molecule has 0 aliphatic carbocycles. The summed E-state index contributed by atoms with van der Waals surface area (Å²) in [5, 5.41) is 3.39. The van der Waals surface area contributed by atoms with E-state index in [9.17, 15) is 0 Å². The van der Waals surface area contributed by atoms with E-state index in [0.717, 1.165) is 42.8 Å². The van der Waals surface area contributed by atoms with Gasteiger partial charge in [0.05, 0.1) is 20.3 Å². The van der Waals surface area contributed by atoms with Gasteiger partial charge >= 0.3 is 0 Å². The molecule has 1 heterocycles. The Hall–Kier alpha value is -1.02. The number of halogens is 1. The molecule has 0 saturated carbocycles. The van der Waals surface area contributed by atoms with Gasteiger partial charge in [-0.15, -0.1) is 24.0 Å². The van der Waals surface area contributed by atoms with Gasteiger partial charge in [-0.2, -0.15) is 0 Å². The van der Waals surface area contributed by atoms with Crippen LogP contribution < -0.4 is 10.1 Å². The van der Waals surface area contributed by atoms with Crippen molar-refractivity contribution < 1.29 is 9.47 Å². The number of ether oxygens (including phenoxy) is 2. The number of rotatable bonds is 6. The maximum Gasteiger partial charge on any atom is 0.193 e. The molecule has 6 heteroatoms. The number of methoxy groups -OCH3 is 1. The fourth-order valence-electron chi connectivity index (χ4n) is 2.95. The van der Waals surface area contributed by atoms with Gasteiger partial charge in [0.25, 0.3) is 0 Å². The summed E-state index contributed by atoms with van der Waals surface area (Å²) in [6.07, 6.45) is 2.56. The number of para-hydroxylation sites is 1. The summed E-state index contributed by atoms with van der Waals surface area (Å²) in [5.41, 5.74) is 1.07. The third kappa shape index (κ3) is 6.47. The van der Waals surface area contributed by atoms with Crippen molar-refractivity contribution in [2.45, 2.75) is 26.4 Å². The van der Waals surface area contributed by atoms with Crippen LogP contribution in [0.15, 0.2) is 29.3 Å². The molecule has 1 aliphatic rings. The zero-order chi connectivity index (χ0) is 16.5. The van der Waals surface area contributed by atoms with E-state index in [2.05, 4.69) is 22.1 Å². The Kier molecular flexibility index (Phi) is 10.1. The fourth-order valence-corrected chi connectivity index (χ4v) is 2.95. The van der Waals surface area contributed by atoms with Crippen molar-refractivity contribution in [3.63, 3.8) is 0 Å². The zero-order valence-electron chi connectivity index (χ0n) is 15.0. The maximum atomic E-state index is 5.75. The largest absolute Gasteiger partial charge is 0.496 e. The molecule has 1 aromatic carbocycles. The summed E-state index contributed by atoms with van der Waals surface area (Å²) in [4.78, 5) is 6.73. The standard InChI is InChI=1S/C18H29N3O2.HI/c1-15-7-6-11-21(13-15)18(19-2)20-10-12-23-14-16-8-4-5-9-17(16)22-3;/h4-5,8-9,15H,6-7,10-14H2,1-3H3,(H,19,20);1H. The molecular formula is C18H30IN3O2. The highest BCUT2D eigenvalue weighted by molar-refractivity contribution is 14.0. The van der Waals surface area contributed by atoms with Crippen LogP contribution in [0.2, 0.25) is 0 Å². The van der Waals surface area contributed by atoms with E-state index in [1.54, 1.807) is 7.11 Å². The Morgan fingerprint density at radius 3 is 2.88 bits per heavy atom. The third-order valence-electron chi connectivity index (χ3n) is 4.15. The molecule has 1 atom stereocenters. The molecule has 0 amide bonds. The van der Waals surface area contributed by atoms with Gasteiger partial charge in [-0.3, -0.25) is 4.99 Å². The monoisotopic (exact) mass is 447 g/mol. The summed E-state index contributed by atoms with van der Waals surface area (Å²) in [6, 6.07) is 7.95. The number of benzene rings is 1. The van der Waals surface area contributed by atoms with E-state index < -0.39 is 0 Å². The fraction of sp³-hybridized carbons (Fsp3) is 0.611. The highest BCUT2D eigenvalue weighted by Gasteiger charge is 2.18. The van der Waals surface area contributed by atoms with Crippen molar-refractivity contribution in [2.24, 2.45) is 10.9 Å². The molecule has 1 aromatic rings. The predicted octanol–water partition coefficient (Wildman–Crippen LogP) is 3.14. The second kappa shape index (κ2) is 11.5. The summed E-state index contributed by atoms with van der Waals surface area (Å²) in [5.74, 6) is 2.60. The molecule has 1 unspecified atom stereocenters. The molecule has 136 valence electrons. The topological polar surface area (TPSA) is 46.1 Å². The number of nitrogens with one attached hydrogen (secondary N) is 1. The minimum Gasteiger partial charge on any atom is -0.496 e. The van der Waals surface area contributed by atoms with Gasteiger partial charge < -0.3 is 19.7 Å². The Bertz CT molecular complexity index is 511. The van der Waals surface area contributed by atoms with Crippen molar-refractivity contribution in [1.82, 2.24) is 10.2 Å². The summed E-state index contributed by atoms with van der Waals surface area (Å²) < 4.78 is 11.1. The number of hydrogen-bond acceptors (Lipinski definition) is 3. The second-order valence-electron chi connectivity index (χ2n) is 6.03. The Morgan fingerprint density at radius 1 is 1.38 bits per heavy atom. The van der Waals surface area contributed by atoms with Crippen LogP contribution in [0.1, 0.15) is 25.3 Å². The van der Waals surface area contributed by atoms with Crippen LogP contribution in [-0.2, 0) is 11.3 Å². The molecule has 0 aromatic heterocycles. The number of nitrogens with zero attached hydrogens (tertiary/aromatic N) is 2. The van der Waals surface area contributed by atoms with Gasteiger partial charge in [0.2, 0.25) is 0 Å². The van der Waals surface area contributed by atoms with Crippen molar-refractivity contribution in [2.75, 3.05) is 40.4 Å². The highest BCUT2D eigenvalue weighted by Crippen LogP contribution is 2.18. The molecule has 24 heavy (non-hydrogen) atoms. The maximum absolute atomic E-state index is 5.75. The van der Waals surface area contributed by atoms with Crippen LogP contribution in [0.4, 0.5) is 0 Å². The van der Waals surface area contributed by atoms with Crippen molar-refractivity contribution in [3.05, 3.63) is 29.8 Å². The van der Waals surface area contributed by atoms with Crippen LogP contribution in [0.3, 0.4) is 0 Å². The van der Waals surface area contributed by atoms with Gasteiger partial charge in [-0.25, -0.2) is 0 Å². The van der Waals surface area contributed by atoms with Crippen LogP contribution in [0.25, 0.3) is 0 Å². The van der Waals surface area contributed by atoms with Gasteiger partial charge in [0, 0.05) is 32.2 Å². The number of aliphatic imine (C=N–C) groups is 1. The number of likely N-dealkylation sites (tertiary alicyclic amines) is 1. The van der Waals surface area contributed by atoms with E-state index in [4.69, 9.17) is 9.47 Å². The van der Waals surface area contributed by atoms with Gasteiger partial charge in [0.15, 0.2) is 5.96 Å². The Labute approximate surface area is 162 Å². The number of guanidine groups is 1. The molecule has 0 spiro atoms. The number of piperidine rings is 1. The average molecular weight is 447 g/mol. The Morgan fingerprint density at radius 2 is 2.17 bits per heavy atom. The lowest BCUT2D eigenvalue weighted by Crippen LogP contribution is -2.46. The minimum absolute atomic E-state index is 0. The summed E-state index contributed by atoms with van der Waals surface area (Å²) in [7, 11) is 3.53. The van der Waals surface area contributed by atoms with E-state index in [-0.39, 0.29) is 24.0 Å². The molecule has 1 saturated heterocycles. The highest BCUT2D eigenvalue weighted by atomic mass is 127. The minimum atomic E-state index is 0. The smallest absolute Gasteiger partial charge is 0.193 e. The van der Waals surface area contributed by atoms with Gasteiger partial charge in [-0.1, -0.05) is 25.1 Å². The van der Waals surface area contributed by atoms with Crippen LogP contribution >= 0.6 is 24.0 Å². The zero-order valence-corrected chi connectivity index (χ0v) is 17.3. The summed E-state index contributed by atoms with van der Waals surface area (Å²) in [6.45, 7) is 6.43. The second-order valence-corrected chi connectivity index (χ2v) is 6.03. The Balaban J connectivity index is 0.00000288. The van der Waals surface area contributed by atoms with Crippen LogP contribution in [-0.4, -0.2) is 51.3 Å². The molecule has 1 aliphatic heterocycles. The third-order valence-corrected chi connectivity index (χ3v) is 4.15. The molecule has 1 fully saturated rings. The van der Waals surface area contributed by atoms with E-state index in [1.165, 1.54) is 12.8 Å². The van der Waals surface area contributed by atoms with E-state index >= 15 is 0 Å². The molecule has 0 bridgehead atoms. The lowest BCUT2D eigenvalue weighted by atomic mass is 10.0. The first-order valence-electron chi connectivity index (χ1n) is 8.39. The molecule has 5 nitrogen and oxygen atoms in total. The SMILES string of the molecule is CN=C(NCCOCc1ccccc1OC)N1CCCC(C)C1.I. The lowest BCUT2D eigenvalue weighted by Gasteiger charge is -2.33. The molecule has 2 rings (SSSR count). The van der Waals surface area contributed by atoms with Crippen LogP contribution in [0, 0.1) is 5.92 Å². The van der Waals surface area contributed by atoms with Gasteiger partial charge in [0.1, 0.15) is 5.75 Å². The first kappa shape index (κ1) is 21.0. The van der Waals surface area contributed by atoms with Gasteiger partial charge in [-0.05, 0) is 24.8 Å². The molecule has 0 radical (unpaired) electrons. The first-order chi connectivity index (χ1) is 11.2. The summed E-state index contributed by atoms with van der Waals surface area (Å²) >= 11 is 0. The van der Waals surface area contributed by atoms with E-state index in [1.807, 2.05) is 31.3 Å². The average Bonchev–Trinajstić information content (AvgIpc) is 2.58.